The van der Waals surface area contributed by atoms with Crippen LogP contribution in [0.4, 0.5) is 11.4 Å². The Balaban J connectivity index is 1.64. The van der Waals surface area contributed by atoms with Crippen molar-refractivity contribution in [3.05, 3.63) is 111 Å². The van der Waals surface area contributed by atoms with Gasteiger partial charge in [0.2, 0.25) is 0 Å². The lowest BCUT2D eigenvalue weighted by Gasteiger charge is -2.13. The summed E-state index contributed by atoms with van der Waals surface area (Å²) in [6, 6.07) is 22.2. The second-order valence-electron chi connectivity index (χ2n) is 8.48. The third-order valence-corrected chi connectivity index (χ3v) is 6.17. The Morgan fingerprint density at radius 1 is 0.865 bits per heavy atom. The lowest BCUT2D eigenvalue weighted by molar-refractivity contribution is 0.0995. The molecule has 2 heterocycles. The molecule has 3 aromatic carbocycles. The third kappa shape index (κ3) is 4.94. The molecule has 5 rings (SSSR count). The van der Waals surface area contributed by atoms with Gasteiger partial charge in [-0.15, -0.1) is 0 Å². The minimum atomic E-state index is -0.547. The Morgan fingerprint density at radius 3 is 2.11 bits per heavy atom. The molecule has 2 N–H and O–H groups in total. The normalized spacial score (nSPS) is 11.0. The van der Waals surface area contributed by atoms with Crippen molar-refractivity contribution in [2.45, 2.75) is 19.8 Å². The molecular weight excluding hydrogens is 490 g/mol. The molecule has 184 valence electrons. The first kappa shape index (κ1) is 24.2. The summed E-state index contributed by atoms with van der Waals surface area (Å²) < 4.78 is 6.01. The molecule has 7 nitrogen and oxygen atoms in total. The molecule has 0 saturated carbocycles. The average Bonchev–Trinajstić information content (AvgIpc) is 2.90. The molecule has 0 unspecified atom stereocenters. The van der Waals surface area contributed by atoms with Crippen LogP contribution in [0.1, 0.15) is 40.0 Å². The van der Waals surface area contributed by atoms with E-state index in [0.717, 1.165) is 0 Å². The monoisotopic (exact) mass is 511 g/mol. The zero-order chi connectivity index (χ0) is 25.9. The first-order valence-electron chi connectivity index (χ1n) is 11.8. The summed E-state index contributed by atoms with van der Waals surface area (Å²) in [4.78, 5) is 43.5. The van der Waals surface area contributed by atoms with E-state index in [-0.39, 0.29) is 32.9 Å². The number of nitrogens with zero attached hydrogens (tertiary/aromatic N) is 1. The number of aryl methyl sites for hydroxylation is 1. The van der Waals surface area contributed by atoms with Crippen molar-refractivity contribution in [3.8, 4) is 0 Å². The van der Waals surface area contributed by atoms with Crippen molar-refractivity contribution < 1.29 is 14.0 Å². The van der Waals surface area contributed by atoms with Gasteiger partial charge in [0.1, 0.15) is 11.3 Å². The number of nitrogens with one attached hydrogen (secondary N) is 2. The highest BCUT2D eigenvalue weighted by Crippen LogP contribution is 2.32. The van der Waals surface area contributed by atoms with Gasteiger partial charge in [-0.05, 0) is 42.8 Å². The number of benzene rings is 3. The molecule has 8 heteroatoms. The van der Waals surface area contributed by atoms with Gasteiger partial charge >= 0.3 is 0 Å². The number of fused-ring (bicyclic) bond motifs is 2. The summed E-state index contributed by atoms with van der Waals surface area (Å²) in [5.74, 6) is -1.09. The number of carbonyl (C=O) groups is 2. The lowest BCUT2D eigenvalue weighted by Crippen LogP contribution is -2.16. The highest BCUT2D eigenvalue weighted by Gasteiger charge is 2.21. The van der Waals surface area contributed by atoms with Crippen LogP contribution in [0.15, 0.2) is 88.1 Å². The lowest BCUT2D eigenvalue weighted by atomic mass is 10.0. The second-order valence-corrected chi connectivity index (χ2v) is 8.89. The van der Waals surface area contributed by atoms with Gasteiger partial charge in [-0.25, -0.2) is 4.98 Å². The van der Waals surface area contributed by atoms with Gasteiger partial charge < -0.3 is 15.1 Å². The zero-order valence-electron chi connectivity index (χ0n) is 19.9. The number of hydrogen-bond donors (Lipinski definition) is 2. The van der Waals surface area contributed by atoms with Crippen LogP contribution in [0.3, 0.4) is 0 Å². The maximum Gasteiger partial charge on any atom is 0.291 e. The molecule has 0 spiro atoms. The highest BCUT2D eigenvalue weighted by atomic mass is 35.5. The maximum absolute atomic E-state index is 13.1. The molecule has 0 fully saturated rings. The van der Waals surface area contributed by atoms with Gasteiger partial charge in [0.15, 0.2) is 11.2 Å². The molecule has 0 aliphatic rings. The van der Waals surface area contributed by atoms with Crippen molar-refractivity contribution in [2.24, 2.45) is 0 Å². The van der Waals surface area contributed by atoms with E-state index in [0.29, 0.717) is 40.7 Å². The summed E-state index contributed by atoms with van der Waals surface area (Å²) in [6.45, 7) is 1.97. The third-order valence-electron chi connectivity index (χ3n) is 5.86. The topological polar surface area (TPSA) is 101 Å². The van der Waals surface area contributed by atoms with Gasteiger partial charge in [0.25, 0.3) is 11.8 Å². The van der Waals surface area contributed by atoms with Crippen LogP contribution in [-0.2, 0) is 6.42 Å². The SMILES string of the molecule is CCCc1c2nc(C(=O)Nc3ccccc3)cc(Cl)c2cc2c(=O)cc(C(=O)Nc3ccccc3)oc12. The first-order chi connectivity index (χ1) is 17.9. The molecule has 5 aromatic rings. The summed E-state index contributed by atoms with van der Waals surface area (Å²) in [7, 11) is 0. The van der Waals surface area contributed by atoms with Crippen molar-refractivity contribution in [1.29, 1.82) is 0 Å². The van der Waals surface area contributed by atoms with E-state index in [1.807, 2.05) is 31.2 Å². The van der Waals surface area contributed by atoms with E-state index in [2.05, 4.69) is 15.6 Å². The maximum atomic E-state index is 13.1. The molecular formula is C29H22ClN3O4. The van der Waals surface area contributed by atoms with E-state index in [1.165, 1.54) is 12.1 Å². The summed E-state index contributed by atoms with van der Waals surface area (Å²) in [6.07, 6.45) is 1.20. The van der Waals surface area contributed by atoms with Crippen LogP contribution in [0, 0.1) is 0 Å². The summed E-state index contributed by atoms with van der Waals surface area (Å²) >= 11 is 6.59. The van der Waals surface area contributed by atoms with Gasteiger partial charge in [-0.2, -0.15) is 0 Å². The molecule has 0 aliphatic carbocycles. The van der Waals surface area contributed by atoms with Crippen LogP contribution in [0.2, 0.25) is 5.02 Å². The van der Waals surface area contributed by atoms with Crippen molar-refractivity contribution in [2.75, 3.05) is 10.6 Å². The zero-order valence-corrected chi connectivity index (χ0v) is 20.6. The number of hydrogen-bond acceptors (Lipinski definition) is 5. The number of aromatic nitrogens is 1. The average molecular weight is 512 g/mol. The van der Waals surface area contributed by atoms with Gasteiger partial charge in [0, 0.05) is 28.4 Å². The highest BCUT2D eigenvalue weighted by molar-refractivity contribution is 6.36. The van der Waals surface area contributed by atoms with E-state index < -0.39 is 11.8 Å². The van der Waals surface area contributed by atoms with Crippen molar-refractivity contribution in [1.82, 2.24) is 4.98 Å². The quantitative estimate of drug-likeness (QED) is 0.255. The van der Waals surface area contributed by atoms with Crippen LogP contribution < -0.4 is 16.1 Å². The smallest absolute Gasteiger partial charge is 0.291 e. The predicted octanol–water partition coefficient (Wildman–Crippen LogP) is 6.45. The van der Waals surface area contributed by atoms with Crippen molar-refractivity contribution >= 4 is 56.7 Å². The van der Waals surface area contributed by atoms with Crippen LogP contribution in [0.25, 0.3) is 21.9 Å². The molecule has 0 aliphatic heterocycles. The van der Waals surface area contributed by atoms with E-state index >= 15 is 0 Å². The van der Waals surface area contributed by atoms with E-state index in [1.54, 1.807) is 42.5 Å². The molecule has 0 radical (unpaired) electrons. The van der Waals surface area contributed by atoms with Crippen molar-refractivity contribution in [3.63, 3.8) is 0 Å². The van der Waals surface area contributed by atoms with Crippen LogP contribution in [-0.4, -0.2) is 16.8 Å². The van der Waals surface area contributed by atoms with E-state index in [4.69, 9.17) is 16.0 Å². The fourth-order valence-electron chi connectivity index (χ4n) is 4.15. The number of anilines is 2. The Kier molecular flexibility index (Phi) is 6.70. The number of pyridine rings is 1. The Labute approximate surface area is 217 Å². The van der Waals surface area contributed by atoms with Gasteiger partial charge in [-0.3, -0.25) is 14.4 Å². The fraction of sp³-hybridized carbons (Fsp3) is 0.103. The molecule has 2 aromatic heterocycles. The fourth-order valence-corrected chi connectivity index (χ4v) is 4.40. The summed E-state index contributed by atoms with van der Waals surface area (Å²) in [5.41, 5.74) is 2.26. The largest absolute Gasteiger partial charge is 0.450 e. The van der Waals surface area contributed by atoms with Crippen LogP contribution >= 0.6 is 11.6 Å². The molecule has 0 bridgehead atoms. The number of halogens is 1. The minimum Gasteiger partial charge on any atom is -0.450 e. The summed E-state index contributed by atoms with van der Waals surface area (Å²) in [5, 5.41) is 6.65. The van der Waals surface area contributed by atoms with Gasteiger partial charge in [-0.1, -0.05) is 61.3 Å². The Hall–Kier alpha value is -4.49. The van der Waals surface area contributed by atoms with Crippen LogP contribution in [0.5, 0.6) is 0 Å². The number of amides is 2. The number of rotatable bonds is 6. The number of para-hydroxylation sites is 2. The molecule has 0 saturated heterocycles. The number of carbonyl (C=O) groups excluding carboxylic acids is 2. The first-order valence-corrected chi connectivity index (χ1v) is 12.1. The Bertz CT molecular complexity index is 1700. The molecule has 0 atom stereocenters. The molecule has 37 heavy (non-hydrogen) atoms. The van der Waals surface area contributed by atoms with E-state index in [9.17, 15) is 14.4 Å². The Morgan fingerprint density at radius 2 is 1.49 bits per heavy atom. The molecule has 2 amide bonds. The minimum absolute atomic E-state index is 0.123. The van der Waals surface area contributed by atoms with Gasteiger partial charge in [0.05, 0.1) is 15.9 Å². The predicted molar refractivity (Wildman–Crippen MR) is 146 cm³/mol. The second kappa shape index (κ2) is 10.2. The standard InChI is InChI=1S/C29H22ClN3O4/c1-2-9-19-26-20(22(30)15-23(33-26)28(35)31-17-10-5-3-6-11-17)14-21-24(34)16-25(37-27(19)21)29(36)32-18-12-7-4-8-13-18/h3-8,10-16H,2,9H2,1H3,(H,31,35)(H,32,36).